The molecule has 18 heavy (non-hydrogen) atoms. The van der Waals surface area contributed by atoms with Crippen molar-refractivity contribution in [3.63, 3.8) is 0 Å². The summed E-state index contributed by atoms with van der Waals surface area (Å²) in [6.07, 6.45) is 3.93. The average molecular weight is 246 g/mol. The van der Waals surface area contributed by atoms with E-state index >= 15 is 0 Å². The fraction of sp³-hybridized carbons (Fsp3) is 0.625. The van der Waals surface area contributed by atoms with Gasteiger partial charge in [0.05, 0.1) is 0 Å². The Morgan fingerprint density at radius 1 is 1.22 bits per heavy atom. The summed E-state index contributed by atoms with van der Waals surface area (Å²) >= 11 is 0. The predicted molar refractivity (Wildman–Crippen MR) is 79.5 cm³/mol. The van der Waals surface area contributed by atoms with E-state index in [2.05, 4.69) is 56.4 Å². The highest BCUT2D eigenvalue weighted by atomic mass is 15.1. The highest BCUT2D eigenvalue weighted by Crippen LogP contribution is 2.32. The van der Waals surface area contributed by atoms with Crippen molar-refractivity contribution in [2.24, 2.45) is 0 Å². The lowest BCUT2D eigenvalue weighted by molar-refractivity contribution is 0.412. The van der Waals surface area contributed by atoms with E-state index in [0.717, 1.165) is 6.54 Å². The number of piperidine rings is 1. The van der Waals surface area contributed by atoms with Crippen LogP contribution in [0.1, 0.15) is 56.2 Å². The van der Waals surface area contributed by atoms with Crippen LogP contribution in [0.3, 0.4) is 0 Å². The number of anilines is 1. The molecule has 1 heterocycles. The first-order chi connectivity index (χ1) is 8.59. The minimum atomic E-state index is 0.537. The molecule has 0 amide bonds. The third-order valence-corrected chi connectivity index (χ3v) is 3.89. The van der Waals surface area contributed by atoms with Gasteiger partial charge in [0.25, 0.3) is 0 Å². The standard InChI is InChI=1S/C16H26N2/c1-12(2)13-8-9-16(18(3)4)14(11-13)15-7-5-6-10-17-15/h8-9,11-12,15,17H,5-7,10H2,1-4H3. The van der Waals surface area contributed by atoms with Gasteiger partial charge in [-0.2, -0.15) is 0 Å². The lowest BCUT2D eigenvalue weighted by atomic mass is 9.92. The number of nitrogens with zero attached hydrogens (tertiary/aromatic N) is 1. The van der Waals surface area contributed by atoms with Crippen molar-refractivity contribution in [1.82, 2.24) is 5.32 Å². The van der Waals surface area contributed by atoms with Crippen molar-refractivity contribution in [3.05, 3.63) is 29.3 Å². The molecule has 2 heteroatoms. The molecule has 1 aromatic carbocycles. The molecule has 1 aliphatic rings. The molecule has 0 bridgehead atoms. The summed E-state index contributed by atoms with van der Waals surface area (Å²) in [7, 11) is 4.27. The van der Waals surface area contributed by atoms with E-state index in [1.165, 1.54) is 36.1 Å². The fourth-order valence-corrected chi connectivity index (χ4v) is 2.74. The summed E-state index contributed by atoms with van der Waals surface area (Å²) in [6, 6.07) is 7.49. The topological polar surface area (TPSA) is 15.3 Å². The Bertz CT molecular complexity index is 390. The van der Waals surface area contributed by atoms with E-state index in [-0.39, 0.29) is 0 Å². The molecule has 1 fully saturated rings. The predicted octanol–water partition coefficient (Wildman–Crippen LogP) is 3.69. The normalized spacial score (nSPS) is 20.2. The molecule has 100 valence electrons. The van der Waals surface area contributed by atoms with Crippen LogP contribution in [0, 0.1) is 0 Å². The average Bonchev–Trinajstić information content (AvgIpc) is 2.39. The lowest BCUT2D eigenvalue weighted by Crippen LogP contribution is -2.28. The molecular weight excluding hydrogens is 220 g/mol. The number of benzene rings is 1. The second kappa shape index (κ2) is 5.75. The summed E-state index contributed by atoms with van der Waals surface area (Å²) in [5, 5.41) is 3.67. The molecule has 1 aromatic rings. The molecule has 1 N–H and O–H groups in total. The third-order valence-electron chi connectivity index (χ3n) is 3.89. The van der Waals surface area contributed by atoms with Gasteiger partial charge < -0.3 is 10.2 Å². The second-order valence-electron chi connectivity index (χ2n) is 5.87. The molecule has 1 saturated heterocycles. The molecule has 0 aliphatic carbocycles. The largest absolute Gasteiger partial charge is 0.377 e. The van der Waals surface area contributed by atoms with Crippen LogP contribution in [0.5, 0.6) is 0 Å². The van der Waals surface area contributed by atoms with Gasteiger partial charge in [0.2, 0.25) is 0 Å². The minimum absolute atomic E-state index is 0.537. The molecule has 0 radical (unpaired) electrons. The van der Waals surface area contributed by atoms with Gasteiger partial charge in [-0.25, -0.2) is 0 Å². The van der Waals surface area contributed by atoms with Crippen LogP contribution in [0.15, 0.2) is 18.2 Å². The summed E-state index contributed by atoms with van der Waals surface area (Å²) < 4.78 is 0. The highest BCUT2D eigenvalue weighted by molar-refractivity contribution is 5.56. The first-order valence-electron chi connectivity index (χ1n) is 7.14. The zero-order chi connectivity index (χ0) is 13.1. The lowest BCUT2D eigenvalue weighted by Gasteiger charge is -2.29. The Kier molecular flexibility index (Phi) is 4.28. The molecule has 2 nitrogen and oxygen atoms in total. The monoisotopic (exact) mass is 246 g/mol. The van der Waals surface area contributed by atoms with Crippen LogP contribution in [0.25, 0.3) is 0 Å². The van der Waals surface area contributed by atoms with Crippen molar-refractivity contribution < 1.29 is 0 Å². The zero-order valence-corrected chi connectivity index (χ0v) is 12.2. The minimum Gasteiger partial charge on any atom is -0.377 e. The van der Waals surface area contributed by atoms with E-state index in [0.29, 0.717) is 12.0 Å². The Morgan fingerprint density at radius 2 is 2.00 bits per heavy atom. The quantitative estimate of drug-likeness (QED) is 0.875. The first kappa shape index (κ1) is 13.4. The Hall–Kier alpha value is -1.02. The number of nitrogens with one attached hydrogen (secondary N) is 1. The molecule has 0 aromatic heterocycles. The summed E-state index contributed by atoms with van der Waals surface area (Å²) in [5.41, 5.74) is 4.28. The van der Waals surface area contributed by atoms with Crippen LogP contribution in [0.2, 0.25) is 0 Å². The summed E-state index contributed by atoms with van der Waals surface area (Å²) in [6.45, 7) is 5.69. The molecule has 1 unspecified atom stereocenters. The zero-order valence-electron chi connectivity index (χ0n) is 12.2. The SMILES string of the molecule is CC(C)c1ccc(N(C)C)c(C2CCCCN2)c1. The Labute approximate surface area is 111 Å². The van der Waals surface area contributed by atoms with E-state index in [4.69, 9.17) is 0 Å². The second-order valence-corrected chi connectivity index (χ2v) is 5.87. The summed E-state index contributed by atoms with van der Waals surface area (Å²) in [4.78, 5) is 2.23. The van der Waals surface area contributed by atoms with Gasteiger partial charge in [-0.15, -0.1) is 0 Å². The van der Waals surface area contributed by atoms with Gasteiger partial charge in [-0.3, -0.25) is 0 Å². The Morgan fingerprint density at radius 3 is 2.56 bits per heavy atom. The van der Waals surface area contributed by atoms with E-state index in [9.17, 15) is 0 Å². The van der Waals surface area contributed by atoms with Crippen molar-refractivity contribution in [2.45, 2.75) is 45.1 Å². The van der Waals surface area contributed by atoms with Gasteiger partial charge in [-0.05, 0) is 42.5 Å². The van der Waals surface area contributed by atoms with Crippen molar-refractivity contribution in [3.8, 4) is 0 Å². The smallest absolute Gasteiger partial charge is 0.0409 e. The van der Waals surface area contributed by atoms with Crippen LogP contribution < -0.4 is 10.2 Å². The molecule has 1 atom stereocenters. The maximum Gasteiger partial charge on any atom is 0.0409 e. The number of hydrogen-bond donors (Lipinski definition) is 1. The maximum atomic E-state index is 3.67. The van der Waals surface area contributed by atoms with E-state index in [1.54, 1.807) is 0 Å². The maximum absolute atomic E-state index is 3.67. The van der Waals surface area contributed by atoms with Crippen LogP contribution in [-0.4, -0.2) is 20.6 Å². The molecule has 2 rings (SSSR count). The summed E-state index contributed by atoms with van der Waals surface area (Å²) in [5.74, 6) is 0.601. The Balaban J connectivity index is 2.36. The van der Waals surface area contributed by atoms with Gasteiger partial charge in [0.1, 0.15) is 0 Å². The highest BCUT2D eigenvalue weighted by Gasteiger charge is 2.19. The van der Waals surface area contributed by atoms with Crippen LogP contribution in [-0.2, 0) is 0 Å². The molecule has 1 aliphatic heterocycles. The van der Waals surface area contributed by atoms with Crippen LogP contribution in [0.4, 0.5) is 5.69 Å². The van der Waals surface area contributed by atoms with Gasteiger partial charge in [0, 0.05) is 25.8 Å². The van der Waals surface area contributed by atoms with E-state index < -0.39 is 0 Å². The van der Waals surface area contributed by atoms with Crippen molar-refractivity contribution in [1.29, 1.82) is 0 Å². The number of rotatable bonds is 3. The number of hydrogen-bond acceptors (Lipinski definition) is 2. The fourth-order valence-electron chi connectivity index (χ4n) is 2.74. The van der Waals surface area contributed by atoms with Crippen LogP contribution >= 0.6 is 0 Å². The molecular formula is C16H26N2. The van der Waals surface area contributed by atoms with Gasteiger partial charge in [0.15, 0.2) is 0 Å². The third kappa shape index (κ3) is 2.86. The molecule has 0 spiro atoms. The van der Waals surface area contributed by atoms with Gasteiger partial charge in [-0.1, -0.05) is 32.4 Å². The van der Waals surface area contributed by atoms with Crippen molar-refractivity contribution in [2.75, 3.05) is 25.5 Å². The first-order valence-corrected chi connectivity index (χ1v) is 7.14. The van der Waals surface area contributed by atoms with Gasteiger partial charge >= 0.3 is 0 Å². The van der Waals surface area contributed by atoms with E-state index in [1.807, 2.05) is 0 Å². The molecule has 0 saturated carbocycles. The van der Waals surface area contributed by atoms with Crippen molar-refractivity contribution >= 4 is 5.69 Å².